The number of nitrogens with zero attached hydrogens (tertiary/aromatic N) is 2. The summed E-state index contributed by atoms with van der Waals surface area (Å²) in [5, 5.41) is 11.9. The summed E-state index contributed by atoms with van der Waals surface area (Å²) in [7, 11) is 1.50. The second-order valence-electron chi connectivity index (χ2n) is 8.00. The normalized spacial score (nSPS) is 17.5. The topological polar surface area (TPSA) is 79.7 Å². The summed E-state index contributed by atoms with van der Waals surface area (Å²) < 4.78 is 5.53. The molecule has 1 unspecified atom stereocenters. The zero-order valence-corrected chi connectivity index (χ0v) is 19.5. The predicted molar refractivity (Wildman–Crippen MR) is 128 cm³/mol. The highest BCUT2D eigenvalue weighted by atomic mass is 35.5. The zero-order valence-electron chi connectivity index (χ0n) is 18.7. The number of carbonyl (C=O) groups is 2. The number of anilines is 1. The second-order valence-corrected chi connectivity index (χ2v) is 8.41. The second kappa shape index (κ2) is 8.71. The summed E-state index contributed by atoms with van der Waals surface area (Å²) in [5.74, 6) is -1.40. The van der Waals surface area contributed by atoms with Crippen LogP contribution < -0.4 is 9.64 Å². The Balaban J connectivity index is 2.03. The minimum atomic E-state index is -0.888. The van der Waals surface area contributed by atoms with Crippen LogP contribution in [0.25, 0.3) is 5.76 Å². The Morgan fingerprint density at radius 1 is 1.12 bits per heavy atom. The van der Waals surface area contributed by atoms with Crippen LogP contribution in [0.15, 0.2) is 60.4 Å². The van der Waals surface area contributed by atoms with E-state index in [1.165, 1.54) is 12.0 Å². The third-order valence-corrected chi connectivity index (χ3v) is 6.23. The SMILES string of the molecule is COc1c(C)cc(C)cc1/C(O)=C1\C(=O)C(=O)N(c2cccc(Cl)c2C)C1c1cccnc1. The fraction of sp³-hybridized carbons (Fsp3) is 0.192. The number of amides is 1. The van der Waals surface area contributed by atoms with E-state index in [1.54, 1.807) is 55.7 Å². The van der Waals surface area contributed by atoms with Crippen LogP contribution in [0.4, 0.5) is 5.69 Å². The van der Waals surface area contributed by atoms with Gasteiger partial charge >= 0.3 is 0 Å². The van der Waals surface area contributed by atoms with Gasteiger partial charge in [-0.2, -0.15) is 0 Å². The van der Waals surface area contributed by atoms with E-state index >= 15 is 0 Å². The highest BCUT2D eigenvalue weighted by Gasteiger charge is 2.47. The molecule has 1 fully saturated rings. The highest BCUT2D eigenvalue weighted by Crippen LogP contribution is 2.45. The molecule has 168 valence electrons. The van der Waals surface area contributed by atoms with Crippen LogP contribution in [0.2, 0.25) is 5.02 Å². The van der Waals surface area contributed by atoms with Crippen molar-refractivity contribution in [2.24, 2.45) is 0 Å². The summed E-state index contributed by atoms with van der Waals surface area (Å²) in [6, 6.07) is 11.4. The van der Waals surface area contributed by atoms with Crippen molar-refractivity contribution in [2.75, 3.05) is 12.0 Å². The van der Waals surface area contributed by atoms with Crippen molar-refractivity contribution in [3.05, 3.63) is 93.3 Å². The molecule has 0 spiro atoms. The smallest absolute Gasteiger partial charge is 0.300 e. The lowest BCUT2D eigenvalue weighted by Gasteiger charge is -2.27. The van der Waals surface area contributed by atoms with E-state index in [-0.39, 0.29) is 11.3 Å². The average molecular weight is 463 g/mol. The third kappa shape index (κ3) is 3.76. The molecule has 1 aromatic heterocycles. The molecule has 0 radical (unpaired) electrons. The van der Waals surface area contributed by atoms with Crippen molar-refractivity contribution >= 4 is 34.7 Å². The van der Waals surface area contributed by atoms with E-state index < -0.39 is 17.7 Å². The van der Waals surface area contributed by atoms with Crippen LogP contribution in [0, 0.1) is 20.8 Å². The summed E-state index contributed by atoms with van der Waals surface area (Å²) in [6.07, 6.45) is 3.18. The summed E-state index contributed by atoms with van der Waals surface area (Å²) in [5.41, 5.74) is 3.73. The molecule has 1 amide bonds. The number of benzene rings is 2. The van der Waals surface area contributed by atoms with E-state index in [2.05, 4.69) is 4.98 Å². The van der Waals surface area contributed by atoms with Crippen molar-refractivity contribution in [3.8, 4) is 5.75 Å². The molecule has 33 heavy (non-hydrogen) atoms. The minimum absolute atomic E-state index is 0.0318. The van der Waals surface area contributed by atoms with Crippen LogP contribution in [-0.2, 0) is 9.59 Å². The van der Waals surface area contributed by atoms with Gasteiger partial charge in [-0.15, -0.1) is 0 Å². The van der Waals surface area contributed by atoms with Crippen molar-refractivity contribution in [1.82, 2.24) is 4.98 Å². The van der Waals surface area contributed by atoms with Crippen LogP contribution in [0.5, 0.6) is 5.75 Å². The Bertz CT molecular complexity index is 1300. The maximum absolute atomic E-state index is 13.3. The molecule has 1 aliphatic heterocycles. The molecule has 1 N–H and O–H groups in total. The van der Waals surface area contributed by atoms with Gasteiger partial charge in [0.05, 0.1) is 24.3 Å². The molecule has 6 nitrogen and oxygen atoms in total. The molecule has 2 aromatic carbocycles. The standard InChI is InChI=1S/C26H23ClN2O4/c1-14-11-15(2)25(33-4)18(12-14)23(30)21-22(17-7-6-10-28-13-17)29(26(32)24(21)31)20-9-5-8-19(27)16(20)3/h5-13,22,30H,1-4H3/b23-21+. The number of pyridine rings is 1. The average Bonchev–Trinajstić information content (AvgIpc) is 3.06. The number of carbonyl (C=O) groups excluding carboxylic acids is 2. The molecule has 0 bridgehead atoms. The molecule has 4 rings (SSSR count). The fourth-order valence-corrected chi connectivity index (χ4v) is 4.51. The van der Waals surface area contributed by atoms with Crippen molar-refractivity contribution in [1.29, 1.82) is 0 Å². The molecule has 2 heterocycles. The molecule has 1 atom stereocenters. The highest BCUT2D eigenvalue weighted by molar-refractivity contribution is 6.52. The number of halogens is 1. The van der Waals surface area contributed by atoms with Crippen molar-refractivity contribution in [2.45, 2.75) is 26.8 Å². The van der Waals surface area contributed by atoms with E-state index in [4.69, 9.17) is 16.3 Å². The van der Waals surface area contributed by atoms with Gasteiger partial charge in [-0.25, -0.2) is 0 Å². The van der Waals surface area contributed by atoms with Gasteiger partial charge in [-0.1, -0.05) is 29.8 Å². The number of aryl methyl sites for hydroxylation is 2. The van der Waals surface area contributed by atoms with Gasteiger partial charge in [0.1, 0.15) is 11.5 Å². The molecule has 3 aromatic rings. The van der Waals surface area contributed by atoms with Crippen LogP contribution in [0.3, 0.4) is 0 Å². The van der Waals surface area contributed by atoms with Crippen LogP contribution >= 0.6 is 11.6 Å². The van der Waals surface area contributed by atoms with Gasteiger partial charge in [0.25, 0.3) is 11.7 Å². The summed E-state index contributed by atoms with van der Waals surface area (Å²) in [6.45, 7) is 5.52. The molecule has 0 aliphatic carbocycles. The summed E-state index contributed by atoms with van der Waals surface area (Å²) >= 11 is 6.33. The third-order valence-electron chi connectivity index (χ3n) is 5.82. The van der Waals surface area contributed by atoms with E-state index in [9.17, 15) is 14.7 Å². The molecule has 1 saturated heterocycles. The van der Waals surface area contributed by atoms with Gasteiger partial charge in [0.15, 0.2) is 0 Å². The Morgan fingerprint density at radius 3 is 2.55 bits per heavy atom. The summed E-state index contributed by atoms with van der Waals surface area (Å²) in [4.78, 5) is 32.2. The number of ketones is 1. The number of Topliss-reactive ketones (excluding diaryl/α,β-unsaturated/α-hetero) is 1. The van der Waals surface area contributed by atoms with Gasteiger partial charge in [0.2, 0.25) is 0 Å². The maximum atomic E-state index is 13.3. The number of aliphatic hydroxyl groups is 1. The quantitative estimate of drug-likeness (QED) is 0.323. The number of methoxy groups -OCH3 is 1. The first-order valence-electron chi connectivity index (χ1n) is 10.4. The minimum Gasteiger partial charge on any atom is -0.507 e. The van der Waals surface area contributed by atoms with Crippen LogP contribution in [0.1, 0.15) is 33.9 Å². The van der Waals surface area contributed by atoms with Gasteiger partial charge in [-0.05, 0) is 67.3 Å². The lowest BCUT2D eigenvalue weighted by Crippen LogP contribution is -2.30. The Morgan fingerprint density at radius 2 is 1.88 bits per heavy atom. The fourth-order valence-electron chi connectivity index (χ4n) is 4.34. The lowest BCUT2D eigenvalue weighted by molar-refractivity contribution is -0.132. The van der Waals surface area contributed by atoms with Gasteiger partial charge in [0, 0.05) is 23.1 Å². The van der Waals surface area contributed by atoms with E-state index in [1.807, 2.05) is 19.9 Å². The van der Waals surface area contributed by atoms with Crippen molar-refractivity contribution < 1.29 is 19.4 Å². The molecule has 1 aliphatic rings. The first kappa shape index (κ1) is 22.6. The number of hydrogen-bond acceptors (Lipinski definition) is 5. The zero-order chi connectivity index (χ0) is 23.9. The molecular formula is C26H23ClN2O4. The monoisotopic (exact) mass is 462 g/mol. The molecule has 7 heteroatoms. The number of ether oxygens (including phenoxy) is 1. The van der Waals surface area contributed by atoms with Gasteiger partial charge < -0.3 is 9.84 Å². The van der Waals surface area contributed by atoms with Gasteiger partial charge in [-0.3, -0.25) is 19.5 Å². The number of aliphatic hydroxyl groups excluding tert-OH is 1. The largest absolute Gasteiger partial charge is 0.507 e. The Kier molecular flexibility index (Phi) is 5.95. The maximum Gasteiger partial charge on any atom is 0.300 e. The number of aromatic nitrogens is 1. The molecular weight excluding hydrogens is 440 g/mol. The van der Waals surface area contributed by atoms with E-state index in [0.717, 1.165) is 11.1 Å². The van der Waals surface area contributed by atoms with E-state index in [0.29, 0.717) is 33.1 Å². The lowest BCUT2D eigenvalue weighted by atomic mass is 9.94. The van der Waals surface area contributed by atoms with Crippen LogP contribution in [-0.4, -0.2) is 28.9 Å². The van der Waals surface area contributed by atoms with Crippen molar-refractivity contribution in [3.63, 3.8) is 0 Å². The Hall–Kier alpha value is -3.64. The number of hydrogen-bond donors (Lipinski definition) is 1. The Labute approximate surface area is 197 Å². The number of rotatable bonds is 4. The predicted octanol–water partition coefficient (Wildman–Crippen LogP) is 5.30. The first-order chi connectivity index (χ1) is 15.8. The molecule has 0 saturated carbocycles. The first-order valence-corrected chi connectivity index (χ1v) is 10.8.